The fourth-order valence-corrected chi connectivity index (χ4v) is 3.97. The number of nitrogens with zero attached hydrogens (tertiary/aromatic N) is 2. The molecule has 8 heteroatoms. The summed E-state index contributed by atoms with van der Waals surface area (Å²) in [5.74, 6) is 0.575. The third kappa shape index (κ3) is 4.17. The summed E-state index contributed by atoms with van der Waals surface area (Å²) in [4.78, 5) is 39.8. The molecule has 0 aliphatic heterocycles. The van der Waals surface area contributed by atoms with Crippen molar-refractivity contribution >= 4 is 22.5 Å². The standard InChI is InChI=1S/C26H25N3O5/c1-4-17-9-5-7-11-20(17)29-25(31)19-10-6-8-12-21(19)28(26(29)32)16-24(30)27-18-13-14-22(33-2)23(15-18)34-3/h5-15H,4,16H2,1-3H3,(H,27,30). The van der Waals surface area contributed by atoms with Gasteiger partial charge in [-0.3, -0.25) is 14.2 Å². The van der Waals surface area contributed by atoms with Crippen LogP contribution in [0.1, 0.15) is 12.5 Å². The minimum absolute atomic E-state index is 0.276. The fraction of sp³-hybridized carbons (Fsp3) is 0.192. The first-order valence-corrected chi connectivity index (χ1v) is 10.8. The number of benzene rings is 3. The van der Waals surface area contributed by atoms with E-state index in [1.54, 1.807) is 54.6 Å². The zero-order valence-corrected chi connectivity index (χ0v) is 19.2. The van der Waals surface area contributed by atoms with Crippen molar-refractivity contribution in [3.63, 3.8) is 0 Å². The molecule has 0 saturated carbocycles. The number of fused-ring (bicyclic) bond motifs is 1. The molecule has 34 heavy (non-hydrogen) atoms. The van der Waals surface area contributed by atoms with Crippen LogP contribution in [0.2, 0.25) is 0 Å². The van der Waals surface area contributed by atoms with Crippen LogP contribution in [0.15, 0.2) is 76.3 Å². The Morgan fingerprint density at radius 3 is 2.35 bits per heavy atom. The summed E-state index contributed by atoms with van der Waals surface area (Å²) >= 11 is 0. The number of nitrogens with one attached hydrogen (secondary N) is 1. The number of hydrogen-bond donors (Lipinski definition) is 1. The minimum atomic E-state index is -0.577. The summed E-state index contributed by atoms with van der Waals surface area (Å²) in [7, 11) is 3.03. The van der Waals surface area contributed by atoms with Gasteiger partial charge in [-0.15, -0.1) is 0 Å². The van der Waals surface area contributed by atoms with Crippen LogP contribution in [-0.2, 0) is 17.8 Å². The molecule has 1 heterocycles. The lowest BCUT2D eigenvalue weighted by molar-refractivity contribution is -0.116. The molecule has 174 valence electrons. The Hall–Kier alpha value is -4.33. The molecule has 3 aromatic carbocycles. The number of aryl methyl sites for hydroxylation is 1. The van der Waals surface area contributed by atoms with E-state index in [0.717, 1.165) is 10.1 Å². The van der Waals surface area contributed by atoms with Crippen LogP contribution in [0, 0.1) is 0 Å². The Balaban J connectivity index is 1.79. The van der Waals surface area contributed by atoms with Gasteiger partial charge < -0.3 is 14.8 Å². The van der Waals surface area contributed by atoms with Gasteiger partial charge in [-0.05, 0) is 42.3 Å². The number of methoxy groups -OCH3 is 2. The second kappa shape index (κ2) is 9.66. The number of aromatic nitrogens is 2. The molecule has 0 spiro atoms. The molecule has 0 radical (unpaired) electrons. The summed E-state index contributed by atoms with van der Waals surface area (Å²) in [5, 5.41) is 3.14. The van der Waals surface area contributed by atoms with E-state index in [9.17, 15) is 14.4 Å². The van der Waals surface area contributed by atoms with E-state index in [2.05, 4.69) is 5.32 Å². The van der Waals surface area contributed by atoms with E-state index < -0.39 is 17.2 Å². The van der Waals surface area contributed by atoms with Crippen LogP contribution in [0.25, 0.3) is 16.6 Å². The second-order valence-corrected chi connectivity index (χ2v) is 7.63. The predicted molar refractivity (Wildman–Crippen MR) is 131 cm³/mol. The zero-order valence-electron chi connectivity index (χ0n) is 19.2. The number of carbonyl (C=O) groups excluding carboxylic acids is 1. The first kappa shape index (κ1) is 22.8. The first-order valence-electron chi connectivity index (χ1n) is 10.8. The Bertz CT molecular complexity index is 1490. The number of anilines is 1. The van der Waals surface area contributed by atoms with Crippen molar-refractivity contribution < 1.29 is 14.3 Å². The van der Waals surface area contributed by atoms with Gasteiger partial charge in [0.25, 0.3) is 5.56 Å². The van der Waals surface area contributed by atoms with Gasteiger partial charge in [0, 0.05) is 11.8 Å². The normalized spacial score (nSPS) is 10.8. The molecular formula is C26H25N3O5. The smallest absolute Gasteiger partial charge is 0.336 e. The monoisotopic (exact) mass is 459 g/mol. The number of ether oxygens (including phenoxy) is 2. The third-order valence-electron chi connectivity index (χ3n) is 5.63. The van der Waals surface area contributed by atoms with Crippen molar-refractivity contribution in [2.45, 2.75) is 19.9 Å². The highest BCUT2D eigenvalue weighted by Crippen LogP contribution is 2.29. The van der Waals surface area contributed by atoms with E-state index in [1.807, 2.05) is 19.1 Å². The van der Waals surface area contributed by atoms with Crippen molar-refractivity contribution in [3.8, 4) is 17.2 Å². The lowest BCUT2D eigenvalue weighted by Crippen LogP contribution is -2.41. The molecule has 0 saturated heterocycles. The van der Waals surface area contributed by atoms with Gasteiger partial charge in [-0.2, -0.15) is 0 Å². The van der Waals surface area contributed by atoms with Crippen LogP contribution in [0.3, 0.4) is 0 Å². The van der Waals surface area contributed by atoms with Crippen molar-refractivity contribution in [2.24, 2.45) is 0 Å². The topological polar surface area (TPSA) is 91.6 Å². The number of amides is 1. The number of para-hydroxylation sites is 2. The quantitative estimate of drug-likeness (QED) is 0.458. The molecule has 0 aliphatic carbocycles. The average Bonchev–Trinajstić information content (AvgIpc) is 2.86. The Morgan fingerprint density at radius 2 is 1.62 bits per heavy atom. The average molecular weight is 460 g/mol. The molecule has 4 aromatic rings. The van der Waals surface area contributed by atoms with E-state index in [4.69, 9.17) is 9.47 Å². The van der Waals surface area contributed by atoms with E-state index in [-0.39, 0.29) is 6.54 Å². The Morgan fingerprint density at radius 1 is 0.912 bits per heavy atom. The summed E-state index contributed by atoms with van der Waals surface area (Å²) in [5.41, 5.74) is 1.26. The molecule has 8 nitrogen and oxygen atoms in total. The number of rotatable bonds is 7. The summed E-state index contributed by atoms with van der Waals surface area (Å²) in [6, 6.07) is 19.0. The van der Waals surface area contributed by atoms with Crippen molar-refractivity contribution in [3.05, 3.63) is 93.1 Å². The fourth-order valence-electron chi connectivity index (χ4n) is 3.97. The van der Waals surface area contributed by atoms with Gasteiger partial charge in [0.15, 0.2) is 11.5 Å². The van der Waals surface area contributed by atoms with E-state index in [0.29, 0.717) is 40.2 Å². The maximum atomic E-state index is 13.6. The highest BCUT2D eigenvalue weighted by molar-refractivity contribution is 5.92. The van der Waals surface area contributed by atoms with Crippen LogP contribution in [0.5, 0.6) is 11.5 Å². The van der Waals surface area contributed by atoms with Crippen molar-refractivity contribution in [2.75, 3.05) is 19.5 Å². The number of hydrogen-bond acceptors (Lipinski definition) is 5. The van der Waals surface area contributed by atoms with E-state index in [1.165, 1.54) is 18.8 Å². The maximum Gasteiger partial charge on any atom is 0.336 e. The van der Waals surface area contributed by atoms with Gasteiger partial charge in [0.1, 0.15) is 6.54 Å². The molecular weight excluding hydrogens is 434 g/mol. The zero-order chi connectivity index (χ0) is 24.2. The van der Waals surface area contributed by atoms with Gasteiger partial charge in [-0.25, -0.2) is 9.36 Å². The molecule has 0 fully saturated rings. The van der Waals surface area contributed by atoms with Crippen LogP contribution in [-0.4, -0.2) is 29.3 Å². The van der Waals surface area contributed by atoms with Crippen LogP contribution in [0.4, 0.5) is 5.69 Å². The lowest BCUT2D eigenvalue weighted by Gasteiger charge is -2.16. The third-order valence-corrected chi connectivity index (χ3v) is 5.63. The predicted octanol–water partition coefficient (Wildman–Crippen LogP) is 3.37. The van der Waals surface area contributed by atoms with E-state index >= 15 is 0 Å². The van der Waals surface area contributed by atoms with Crippen LogP contribution >= 0.6 is 0 Å². The van der Waals surface area contributed by atoms with Crippen molar-refractivity contribution in [1.82, 2.24) is 9.13 Å². The highest BCUT2D eigenvalue weighted by Gasteiger charge is 2.18. The van der Waals surface area contributed by atoms with Gasteiger partial charge in [0.2, 0.25) is 5.91 Å². The first-order chi connectivity index (χ1) is 16.5. The second-order valence-electron chi connectivity index (χ2n) is 7.63. The SMILES string of the molecule is CCc1ccccc1-n1c(=O)c2ccccc2n(CC(=O)Nc2ccc(OC)c(OC)c2)c1=O. The molecule has 1 aromatic heterocycles. The molecule has 0 unspecified atom stereocenters. The summed E-state index contributed by atoms with van der Waals surface area (Å²) < 4.78 is 13.0. The van der Waals surface area contributed by atoms with Gasteiger partial charge in [0.05, 0.1) is 30.8 Å². The van der Waals surface area contributed by atoms with Crippen LogP contribution < -0.4 is 26.0 Å². The van der Waals surface area contributed by atoms with Crippen molar-refractivity contribution in [1.29, 1.82) is 0 Å². The molecule has 1 amide bonds. The number of carbonyl (C=O) groups is 1. The molecule has 4 rings (SSSR count). The molecule has 0 bridgehead atoms. The lowest BCUT2D eigenvalue weighted by atomic mass is 10.1. The summed E-state index contributed by atoms with van der Waals surface area (Å²) in [6.45, 7) is 1.68. The largest absolute Gasteiger partial charge is 0.493 e. The maximum absolute atomic E-state index is 13.6. The minimum Gasteiger partial charge on any atom is -0.493 e. The Kier molecular flexibility index (Phi) is 6.49. The van der Waals surface area contributed by atoms with Gasteiger partial charge >= 0.3 is 5.69 Å². The highest BCUT2D eigenvalue weighted by atomic mass is 16.5. The van der Waals surface area contributed by atoms with Gasteiger partial charge in [-0.1, -0.05) is 37.3 Å². The molecule has 0 aliphatic rings. The summed E-state index contributed by atoms with van der Waals surface area (Å²) in [6.07, 6.45) is 0.647. The molecule has 0 atom stereocenters. The molecule has 1 N–H and O–H groups in total. The Labute approximate surface area is 196 Å².